The van der Waals surface area contributed by atoms with E-state index in [1.807, 2.05) is 6.92 Å². The number of allylic oxidation sites excluding steroid dienone is 1. The normalized spacial score (nSPS) is 55.0. The van der Waals surface area contributed by atoms with E-state index in [0.29, 0.717) is 43.4 Å². The summed E-state index contributed by atoms with van der Waals surface area (Å²) in [5.74, 6) is 0.750. The van der Waals surface area contributed by atoms with Gasteiger partial charge in [0.25, 0.3) is 0 Å². The average molecular weight is 771 g/mol. The maximum Gasteiger partial charge on any atom is 0.186 e. The third-order valence-corrected chi connectivity index (χ3v) is 15.6. The number of methoxy groups -OCH3 is 1. The Balaban J connectivity index is 1.02. The maximum atomic E-state index is 11.0. The molecule has 0 aromatic heterocycles. The van der Waals surface area contributed by atoms with Crippen molar-refractivity contribution in [1.82, 2.24) is 0 Å². The number of hydrogen-bond acceptors (Lipinski definition) is 14. The third-order valence-electron chi connectivity index (χ3n) is 15.6. The molecule has 54 heavy (non-hydrogen) atoms. The molecule has 0 amide bonds. The standard InChI is InChI=1S/C40H66O14/c1-18(17-50-36-34(47)33(46)31(44)27(16-41)52-36)9-12-40(49-6)19(2)29-26(54-40)15-25-23-8-7-21-13-22(42)14-28(39(21,5)24(23)10-11-38(25,29)4)53-37-35(48)32(45)30(43)20(3)51-37/h7,18-20,22-37,41-48H,8-17H2,1-6H3/t18-,19-,20+,22+,23+,24-,25-,26-,27+,28+,29-,30-,31+,32-,33-,34+,35+,36+,37-,38-,39-,40+/m0/s1. The summed E-state index contributed by atoms with van der Waals surface area (Å²) in [4.78, 5) is 0. The van der Waals surface area contributed by atoms with E-state index in [1.165, 1.54) is 5.57 Å². The zero-order valence-electron chi connectivity index (χ0n) is 32.6. The number of fused-ring (bicyclic) bond motifs is 7. The monoisotopic (exact) mass is 770 g/mol. The summed E-state index contributed by atoms with van der Waals surface area (Å²) in [7, 11) is 1.72. The fourth-order valence-electron chi connectivity index (χ4n) is 12.5. The highest BCUT2D eigenvalue weighted by Gasteiger charge is 2.69. The molecule has 0 bridgehead atoms. The Morgan fingerprint density at radius 2 is 1.59 bits per heavy atom. The van der Waals surface area contributed by atoms with E-state index in [0.717, 1.165) is 25.7 Å². The van der Waals surface area contributed by atoms with Crippen molar-refractivity contribution in [3.05, 3.63) is 11.6 Å². The van der Waals surface area contributed by atoms with Crippen molar-refractivity contribution in [1.29, 1.82) is 0 Å². The molecule has 0 radical (unpaired) electrons. The molecule has 0 unspecified atom stereocenters. The first-order valence-corrected chi connectivity index (χ1v) is 20.4. The second-order valence-electron chi connectivity index (χ2n) is 18.5. The van der Waals surface area contributed by atoms with Crippen molar-refractivity contribution in [2.75, 3.05) is 20.3 Å². The Morgan fingerprint density at radius 3 is 2.30 bits per heavy atom. The molecule has 3 saturated carbocycles. The van der Waals surface area contributed by atoms with Crippen LogP contribution in [0.5, 0.6) is 0 Å². The number of rotatable bonds is 10. The van der Waals surface area contributed by atoms with Gasteiger partial charge in [0.2, 0.25) is 0 Å². The molecule has 6 fully saturated rings. The highest BCUT2D eigenvalue weighted by molar-refractivity contribution is 5.28. The van der Waals surface area contributed by atoms with Gasteiger partial charge < -0.3 is 69.3 Å². The maximum absolute atomic E-state index is 11.0. The van der Waals surface area contributed by atoms with Crippen LogP contribution in [0.1, 0.15) is 86.0 Å². The summed E-state index contributed by atoms with van der Waals surface area (Å²) in [6.45, 7) is 10.4. The SMILES string of the molecule is CO[C@]1(CC[C@H](C)CO[C@@H]2O[C@H](CO)[C@@H](O)[C@H](O)[C@H]2O)O[C@H]2C[C@H]3[C@@H]4CC=C5C[C@@H](O)C[C@@H](O[C@@H]6O[C@H](C)[C@H](O)[C@H](O)[C@H]6O)[C@]5(C)[C@H]4CC[C@]3(C)[C@H]2[C@@H]1C. The lowest BCUT2D eigenvalue weighted by atomic mass is 9.46. The van der Waals surface area contributed by atoms with Gasteiger partial charge in [0.1, 0.15) is 42.7 Å². The van der Waals surface area contributed by atoms with E-state index in [2.05, 4.69) is 26.8 Å². The van der Waals surface area contributed by atoms with Gasteiger partial charge >= 0.3 is 0 Å². The first-order chi connectivity index (χ1) is 25.5. The molecule has 8 N–H and O–H groups in total. The number of aliphatic hydroxyl groups excluding tert-OH is 8. The Hall–Kier alpha value is -0.820. The lowest BCUT2D eigenvalue weighted by Gasteiger charge is -2.60. The number of aliphatic hydroxyl groups is 8. The molecular formula is C40H66O14. The van der Waals surface area contributed by atoms with Gasteiger partial charge in [-0.3, -0.25) is 0 Å². The van der Waals surface area contributed by atoms with Gasteiger partial charge in [0, 0.05) is 31.3 Å². The molecule has 0 aromatic carbocycles. The minimum Gasteiger partial charge on any atom is -0.394 e. The van der Waals surface area contributed by atoms with E-state index in [9.17, 15) is 40.9 Å². The number of hydrogen-bond donors (Lipinski definition) is 8. The molecule has 14 heteroatoms. The summed E-state index contributed by atoms with van der Waals surface area (Å²) < 4.78 is 37.1. The Labute approximate surface area is 318 Å². The molecule has 4 aliphatic carbocycles. The van der Waals surface area contributed by atoms with Gasteiger partial charge in [-0.15, -0.1) is 0 Å². The fraction of sp³-hybridized carbons (Fsp3) is 0.950. The molecule has 0 spiro atoms. The lowest BCUT2D eigenvalue weighted by molar-refractivity contribution is -0.318. The van der Waals surface area contributed by atoms with Crippen LogP contribution in [0.4, 0.5) is 0 Å². The second kappa shape index (κ2) is 15.4. The van der Waals surface area contributed by atoms with Crippen LogP contribution >= 0.6 is 0 Å². The largest absolute Gasteiger partial charge is 0.394 e. The van der Waals surface area contributed by atoms with Crippen molar-refractivity contribution in [3.8, 4) is 0 Å². The van der Waals surface area contributed by atoms with Crippen molar-refractivity contribution >= 4 is 0 Å². The van der Waals surface area contributed by atoms with Crippen LogP contribution in [0.2, 0.25) is 0 Å². The quantitative estimate of drug-likeness (QED) is 0.145. The first kappa shape index (κ1) is 41.3. The van der Waals surface area contributed by atoms with Crippen molar-refractivity contribution in [2.45, 2.75) is 171 Å². The van der Waals surface area contributed by atoms with E-state index in [1.54, 1.807) is 14.0 Å². The van der Waals surface area contributed by atoms with Crippen molar-refractivity contribution < 1.29 is 69.3 Å². The Kier molecular flexibility index (Phi) is 11.8. The van der Waals surface area contributed by atoms with Gasteiger partial charge in [-0.05, 0) is 80.5 Å². The van der Waals surface area contributed by atoms with Crippen LogP contribution in [0.3, 0.4) is 0 Å². The lowest BCUT2D eigenvalue weighted by Crippen LogP contribution is -2.61. The summed E-state index contributed by atoms with van der Waals surface area (Å²) in [5, 5.41) is 82.8. The zero-order chi connectivity index (χ0) is 39.1. The third kappa shape index (κ3) is 6.65. The van der Waals surface area contributed by atoms with Crippen LogP contribution in [0.25, 0.3) is 0 Å². The molecule has 3 heterocycles. The van der Waals surface area contributed by atoms with Crippen molar-refractivity contribution in [2.24, 2.45) is 46.3 Å². The van der Waals surface area contributed by atoms with Crippen LogP contribution < -0.4 is 0 Å². The molecule has 3 saturated heterocycles. The molecule has 22 atom stereocenters. The van der Waals surface area contributed by atoms with Gasteiger partial charge in [-0.1, -0.05) is 39.3 Å². The van der Waals surface area contributed by atoms with E-state index in [4.69, 9.17) is 28.4 Å². The molecule has 7 aliphatic rings. The zero-order valence-corrected chi connectivity index (χ0v) is 32.6. The Morgan fingerprint density at radius 1 is 0.889 bits per heavy atom. The predicted octanol–water partition coefficient (Wildman–Crippen LogP) is 0.969. The van der Waals surface area contributed by atoms with E-state index in [-0.39, 0.29) is 35.9 Å². The summed E-state index contributed by atoms with van der Waals surface area (Å²) >= 11 is 0. The molecular weight excluding hydrogens is 704 g/mol. The van der Waals surface area contributed by atoms with Gasteiger partial charge in [-0.2, -0.15) is 0 Å². The van der Waals surface area contributed by atoms with E-state index >= 15 is 0 Å². The molecule has 14 nitrogen and oxygen atoms in total. The van der Waals surface area contributed by atoms with Crippen LogP contribution in [-0.4, -0.2) is 147 Å². The Bertz CT molecular complexity index is 1350. The summed E-state index contributed by atoms with van der Waals surface area (Å²) in [6.07, 6.45) is -4.88. The van der Waals surface area contributed by atoms with Gasteiger partial charge in [0.05, 0.1) is 37.6 Å². The molecule has 3 aliphatic heterocycles. The summed E-state index contributed by atoms with van der Waals surface area (Å²) in [6, 6.07) is 0. The highest BCUT2D eigenvalue weighted by Crippen LogP contribution is 2.70. The van der Waals surface area contributed by atoms with Crippen LogP contribution in [-0.2, 0) is 28.4 Å². The minimum atomic E-state index is -1.49. The smallest absolute Gasteiger partial charge is 0.186 e. The topological polar surface area (TPSA) is 217 Å². The highest BCUT2D eigenvalue weighted by atomic mass is 16.7. The second-order valence-corrected chi connectivity index (χ2v) is 18.5. The fourth-order valence-corrected chi connectivity index (χ4v) is 12.5. The van der Waals surface area contributed by atoms with Crippen LogP contribution in [0, 0.1) is 46.3 Å². The van der Waals surface area contributed by atoms with Crippen molar-refractivity contribution in [3.63, 3.8) is 0 Å². The minimum absolute atomic E-state index is 0.0218. The molecule has 7 rings (SSSR count). The first-order valence-electron chi connectivity index (χ1n) is 20.4. The van der Waals surface area contributed by atoms with Crippen LogP contribution in [0.15, 0.2) is 11.6 Å². The van der Waals surface area contributed by atoms with Gasteiger partial charge in [-0.25, -0.2) is 0 Å². The van der Waals surface area contributed by atoms with E-state index < -0.39 is 91.4 Å². The van der Waals surface area contributed by atoms with Gasteiger partial charge in [0.15, 0.2) is 18.4 Å². The molecule has 0 aromatic rings. The number of ether oxygens (including phenoxy) is 6. The predicted molar refractivity (Wildman–Crippen MR) is 191 cm³/mol. The molecule has 310 valence electrons. The average Bonchev–Trinajstić information content (AvgIpc) is 3.60. The summed E-state index contributed by atoms with van der Waals surface area (Å²) in [5.41, 5.74) is 0.819.